The summed E-state index contributed by atoms with van der Waals surface area (Å²) in [7, 11) is 0. The molecule has 6 nitrogen and oxygen atoms in total. The Balaban J connectivity index is 1.76. The highest BCUT2D eigenvalue weighted by Gasteiger charge is 2.23. The first kappa shape index (κ1) is 15.9. The van der Waals surface area contributed by atoms with Crippen LogP contribution in [0.2, 0.25) is 0 Å². The molecule has 0 unspecified atom stereocenters. The van der Waals surface area contributed by atoms with E-state index in [0.29, 0.717) is 16.9 Å². The largest absolute Gasteiger partial charge is 0.301 e. The zero-order valence-electron chi connectivity index (χ0n) is 13.7. The Kier molecular flexibility index (Phi) is 4.10. The molecule has 0 N–H and O–H groups in total. The first-order valence-corrected chi connectivity index (χ1v) is 8.00. The highest BCUT2D eigenvalue weighted by atomic mass is 19.1. The second-order valence-corrected chi connectivity index (χ2v) is 5.66. The van der Waals surface area contributed by atoms with Gasteiger partial charge in [0.25, 0.3) is 5.91 Å². The number of carbonyl (C=O) groups is 1. The lowest BCUT2D eigenvalue weighted by Crippen LogP contribution is -2.31. The Hall–Kier alpha value is -3.61. The monoisotopic (exact) mass is 347 g/mol. The van der Waals surface area contributed by atoms with Crippen LogP contribution >= 0.6 is 0 Å². The van der Waals surface area contributed by atoms with Gasteiger partial charge >= 0.3 is 0 Å². The van der Waals surface area contributed by atoms with E-state index in [0.717, 1.165) is 0 Å². The maximum atomic E-state index is 13.3. The molecule has 0 aliphatic heterocycles. The minimum absolute atomic E-state index is 0.228. The predicted octanol–water partition coefficient (Wildman–Crippen LogP) is 3.11. The lowest BCUT2D eigenvalue weighted by atomic mass is 10.2. The molecule has 0 aliphatic rings. The van der Waals surface area contributed by atoms with E-state index in [1.54, 1.807) is 36.7 Å². The molecule has 0 saturated heterocycles. The predicted molar refractivity (Wildman–Crippen MR) is 94.1 cm³/mol. The molecule has 0 bridgehead atoms. The van der Waals surface area contributed by atoms with Gasteiger partial charge in [0.15, 0.2) is 5.69 Å². The first-order valence-electron chi connectivity index (χ1n) is 8.00. The van der Waals surface area contributed by atoms with Crippen LogP contribution < -0.4 is 4.90 Å². The molecule has 0 radical (unpaired) electrons. The van der Waals surface area contributed by atoms with Crippen molar-refractivity contribution in [3.8, 4) is 0 Å². The summed E-state index contributed by atoms with van der Waals surface area (Å²) in [6, 6.07) is 16.6. The lowest BCUT2D eigenvalue weighted by Gasteiger charge is -2.21. The average molecular weight is 347 g/mol. The average Bonchev–Trinajstić information content (AvgIpc) is 3.11. The summed E-state index contributed by atoms with van der Waals surface area (Å²) in [6.07, 6.45) is 3.39. The van der Waals surface area contributed by atoms with Crippen molar-refractivity contribution in [2.75, 3.05) is 4.90 Å². The van der Waals surface area contributed by atoms with Gasteiger partial charge in [-0.3, -0.25) is 9.78 Å². The van der Waals surface area contributed by atoms with Crippen LogP contribution in [0.15, 0.2) is 73.1 Å². The summed E-state index contributed by atoms with van der Waals surface area (Å²) >= 11 is 0. The quantitative estimate of drug-likeness (QED) is 0.569. The van der Waals surface area contributed by atoms with Crippen molar-refractivity contribution in [3.05, 3.63) is 90.3 Å². The van der Waals surface area contributed by atoms with E-state index in [-0.39, 0.29) is 24.0 Å². The van der Waals surface area contributed by atoms with E-state index in [4.69, 9.17) is 0 Å². The van der Waals surface area contributed by atoms with Gasteiger partial charge in [-0.25, -0.2) is 8.91 Å². The van der Waals surface area contributed by atoms with Gasteiger partial charge in [-0.1, -0.05) is 17.3 Å². The number of anilines is 1. The van der Waals surface area contributed by atoms with Crippen LogP contribution in [-0.2, 0) is 6.54 Å². The molecule has 26 heavy (non-hydrogen) atoms. The molecule has 7 heteroatoms. The molecule has 4 aromatic rings. The molecular formula is C19H14FN5O. The molecule has 0 saturated carbocycles. The molecule has 0 aliphatic carbocycles. The molecular weight excluding hydrogens is 333 g/mol. The van der Waals surface area contributed by atoms with Gasteiger partial charge in [0.2, 0.25) is 0 Å². The number of hydrogen-bond donors (Lipinski definition) is 0. The van der Waals surface area contributed by atoms with Gasteiger partial charge in [-0.05, 0) is 48.5 Å². The minimum atomic E-state index is -0.368. The number of nitrogens with zero attached hydrogens (tertiary/aromatic N) is 5. The van der Waals surface area contributed by atoms with E-state index in [9.17, 15) is 9.18 Å². The maximum Gasteiger partial charge on any atom is 0.281 e. The Morgan fingerprint density at radius 3 is 2.62 bits per heavy atom. The maximum absolute atomic E-state index is 13.3. The van der Waals surface area contributed by atoms with Crippen molar-refractivity contribution in [3.63, 3.8) is 0 Å². The lowest BCUT2D eigenvalue weighted by molar-refractivity contribution is 0.0981. The fourth-order valence-electron chi connectivity index (χ4n) is 2.68. The second-order valence-electron chi connectivity index (χ2n) is 5.66. The molecule has 0 atom stereocenters. The number of carbonyl (C=O) groups excluding carboxylic acids is 1. The third-order valence-corrected chi connectivity index (χ3v) is 3.96. The molecule has 128 valence electrons. The first-order chi connectivity index (χ1) is 12.7. The van der Waals surface area contributed by atoms with Gasteiger partial charge < -0.3 is 4.90 Å². The standard InChI is InChI=1S/C19H14FN5O/c20-14-7-9-16(10-8-14)24(13-15-5-1-3-11-21-15)19(26)18-17-6-2-4-12-25(17)23-22-18/h1-12H,13H2. The summed E-state index contributed by atoms with van der Waals surface area (Å²) < 4.78 is 14.9. The second kappa shape index (κ2) is 6.72. The number of halogens is 1. The molecule has 3 aromatic heterocycles. The van der Waals surface area contributed by atoms with E-state index < -0.39 is 0 Å². The number of fused-ring (bicyclic) bond motifs is 1. The molecule has 0 spiro atoms. The Bertz CT molecular complexity index is 1050. The molecule has 1 amide bonds. The summed E-state index contributed by atoms with van der Waals surface area (Å²) in [6.45, 7) is 0.233. The van der Waals surface area contributed by atoms with Gasteiger partial charge in [-0.15, -0.1) is 5.10 Å². The Morgan fingerprint density at radius 1 is 1.04 bits per heavy atom. The van der Waals surface area contributed by atoms with Crippen molar-refractivity contribution >= 4 is 17.1 Å². The minimum Gasteiger partial charge on any atom is -0.301 e. The van der Waals surface area contributed by atoms with E-state index in [2.05, 4.69) is 15.3 Å². The van der Waals surface area contributed by atoms with Crippen LogP contribution in [0.4, 0.5) is 10.1 Å². The van der Waals surface area contributed by atoms with Gasteiger partial charge in [-0.2, -0.15) is 0 Å². The SMILES string of the molecule is O=C(c1nnn2ccccc12)N(Cc1ccccn1)c1ccc(F)cc1. The number of benzene rings is 1. The zero-order valence-corrected chi connectivity index (χ0v) is 13.7. The van der Waals surface area contributed by atoms with Crippen molar-refractivity contribution in [1.82, 2.24) is 19.8 Å². The summed E-state index contributed by atoms with van der Waals surface area (Å²) in [5.74, 6) is -0.698. The molecule has 0 fully saturated rings. The fraction of sp³-hybridized carbons (Fsp3) is 0.0526. The number of rotatable bonds is 4. The van der Waals surface area contributed by atoms with Gasteiger partial charge in [0.05, 0.1) is 17.8 Å². The zero-order chi connectivity index (χ0) is 17.9. The Labute approximate surface area is 148 Å². The molecule has 3 heterocycles. The van der Waals surface area contributed by atoms with Crippen LogP contribution in [0.1, 0.15) is 16.2 Å². The van der Waals surface area contributed by atoms with Crippen LogP contribution in [0.3, 0.4) is 0 Å². The van der Waals surface area contributed by atoms with Crippen LogP contribution in [0.25, 0.3) is 5.52 Å². The summed E-state index contributed by atoms with van der Waals surface area (Å²) in [4.78, 5) is 19.0. The topological polar surface area (TPSA) is 63.4 Å². The summed E-state index contributed by atoms with van der Waals surface area (Å²) in [5, 5.41) is 8.01. The van der Waals surface area contributed by atoms with Crippen molar-refractivity contribution in [1.29, 1.82) is 0 Å². The van der Waals surface area contributed by atoms with E-state index in [1.807, 2.05) is 24.3 Å². The van der Waals surface area contributed by atoms with Crippen molar-refractivity contribution < 1.29 is 9.18 Å². The number of amides is 1. The van der Waals surface area contributed by atoms with E-state index in [1.165, 1.54) is 21.5 Å². The number of hydrogen-bond acceptors (Lipinski definition) is 4. The van der Waals surface area contributed by atoms with Crippen molar-refractivity contribution in [2.24, 2.45) is 0 Å². The Morgan fingerprint density at radius 2 is 1.85 bits per heavy atom. The van der Waals surface area contributed by atoms with Gasteiger partial charge in [0.1, 0.15) is 5.82 Å². The highest BCUT2D eigenvalue weighted by Crippen LogP contribution is 2.21. The normalized spacial score (nSPS) is 10.8. The van der Waals surface area contributed by atoms with Crippen LogP contribution in [0, 0.1) is 5.82 Å². The van der Waals surface area contributed by atoms with Crippen molar-refractivity contribution in [2.45, 2.75) is 6.54 Å². The van der Waals surface area contributed by atoms with E-state index >= 15 is 0 Å². The van der Waals surface area contributed by atoms with Crippen LogP contribution in [0.5, 0.6) is 0 Å². The smallest absolute Gasteiger partial charge is 0.281 e. The molecule has 1 aromatic carbocycles. The summed E-state index contributed by atoms with van der Waals surface area (Å²) in [5.41, 5.74) is 2.09. The van der Waals surface area contributed by atoms with Crippen LogP contribution in [-0.4, -0.2) is 25.7 Å². The fourth-order valence-corrected chi connectivity index (χ4v) is 2.68. The third-order valence-electron chi connectivity index (χ3n) is 3.96. The molecule has 4 rings (SSSR count). The number of pyridine rings is 2. The third kappa shape index (κ3) is 3.02. The van der Waals surface area contributed by atoms with Gasteiger partial charge in [0, 0.05) is 18.1 Å². The highest BCUT2D eigenvalue weighted by molar-refractivity contribution is 6.08. The number of aromatic nitrogens is 4.